The van der Waals surface area contributed by atoms with Crippen LogP contribution in [-0.2, 0) is 11.3 Å². The van der Waals surface area contributed by atoms with Crippen molar-refractivity contribution < 1.29 is 19.2 Å². The van der Waals surface area contributed by atoms with Crippen LogP contribution in [0.25, 0.3) is 0 Å². The molecule has 1 amide bonds. The average molecular weight is 223 g/mol. The molecule has 0 aliphatic heterocycles. The third-order valence-electron chi connectivity index (χ3n) is 1.99. The van der Waals surface area contributed by atoms with Crippen molar-refractivity contribution in [2.75, 3.05) is 0 Å². The summed E-state index contributed by atoms with van der Waals surface area (Å²) in [7, 11) is -1.87. The van der Waals surface area contributed by atoms with E-state index in [0.717, 1.165) is 12.1 Å². The summed E-state index contributed by atoms with van der Waals surface area (Å²) in [6, 6.07) is 3.85. The number of hydrogen-bond acceptors (Lipinski definition) is 3. The Labute approximate surface area is 92.6 Å². The Hall–Kier alpha value is -1.66. The van der Waals surface area contributed by atoms with Gasteiger partial charge in [0.2, 0.25) is 5.91 Å². The van der Waals surface area contributed by atoms with Gasteiger partial charge in [0.25, 0.3) is 0 Å². The van der Waals surface area contributed by atoms with Crippen LogP contribution >= 0.6 is 0 Å². The molecule has 4 nitrogen and oxygen atoms in total. The number of carbonyl (C=O) groups is 1. The van der Waals surface area contributed by atoms with Crippen molar-refractivity contribution in [1.82, 2.24) is 5.32 Å². The largest absolute Gasteiger partial charge is 0.491 e. The van der Waals surface area contributed by atoms with Crippen molar-refractivity contribution in [2.45, 2.75) is 6.54 Å². The van der Waals surface area contributed by atoms with Gasteiger partial charge in [-0.25, -0.2) is 4.39 Å². The molecule has 0 aliphatic carbocycles. The highest BCUT2D eigenvalue weighted by molar-refractivity contribution is 6.58. The quantitative estimate of drug-likeness (QED) is 0.467. The number of rotatable bonds is 4. The Morgan fingerprint density at radius 2 is 2.25 bits per heavy atom. The first-order valence-corrected chi connectivity index (χ1v) is 4.59. The third-order valence-corrected chi connectivity index (χ3v) is 1.99. The second kappa shape index (κ2) is 5.43. The molecule has 0 aliphatic rings. The zero-order chi connectivity index (χ0) is 12.1. The molecule has 3 N–H and O–H groups in total. The summed E-state index contributed by atoms with van der Waals surface area (Å²) >= 11 is 0. The maximum Gasteiger partial charge on any atom is 0.491 e. The molecule has 0 saturated carbocycles. The van der Waals surface area contributed by atoms with E-state index in [9.17, 15) is 9.18 Å². The van der Waals surface area contributed by atoms with Crippen LogP contribution in [0.15, 0.2) is 30.9 Å². The van der Waals surface area contributed by atoms with Gasteiger partial charge in [-0.3, -0.25) is 4.79 Å². The van der Waals surface area contributed by atoms with Crippen LogP contribution in [0.2, 0.25) is 0 Å². The van der Waals surface area contributed by atoms with Crippen molar-refractivity contribution in [1.29, 1.82) is 0 Å². The number of benzene rings is 1. The molecule has 84 valence electrons. The molecule has 0 spiro atoms. The highest BCUT2D eigenvalue weighted by atomic mass is 19.1. The summed E-state index contributed by atoms with van der Waals surface area (Å²) in [4.78, 5) is 10.9. The standard InChI is InChI=1S/C10H11BFNO3/c1-2-10(14)13-6-7-3-4-9(12)8(5-7)11(15)16/h2-5,15-16H,1,6H2,(H,13,14). The van der Waals surface area contributed by atoms with Gasteiger partial charge in [-0.15, -0.1) is 0 Å². The molecule has 1 aromatic rings. The predicted octanol–water partition coefficient (Wildman–Crippen LogP) is -0.692. The van der Waals surface area contributed by atoms with Gasteiger partial charge in [-0.05, 0) is 17.7 Å². The molecule has 1 aromatic carbocycles. The van der Waals surface area contributed by atoms with E-state index in [4.69, 9.17) is 10.0 Å². The van der Waals surface area contributed by atoms with E-state index in [1.165, 1.54) is 12.1 Å². The van der Waals surface area contributed by atoms with Crippen LogP contribution in [-0.4, -0.2) is 23.1 Å². The minimum absolute atomic E-state index is 0.171. The van der Waals surface area contributed by atoms with Crippen molar-refractivity contribution in [2.24, 2.45) is 0 Å². The van der Waals surface area contributed by atoms with Gasteiger partial charge in [0.1, 0.15) is 5.82 Å². The van der Waals surface area contributed by atoms with E-state index in [2.05, 4.69) is 11.9 Å². The minimum atomic E-state index is -1.87. The number of halogens is 1. The fourth-order valence-electron chi connectivity index (χ4n) is 1.16. The Morgan fingerprint density at radius 3 is 2.81 bits per heavy atom. The Balaban J connectivity index is 2.78. The zero-order valence-electron chi connectivity index (χ0n) is 8.48. The van der Waals surface area contributed by atoms with Crippen LogP contribution in [0.4, 0.5) is 4.39 Å². The Morgan fingerprint density at radius 1 is 1.56 bits per heavy atom. The lowest BCUT2D eigenvalue weighted by molar-refractivity contribution is -0.116. The van der Waals surface area contributed by atoms with E-state index in [1.54, 1.807) is 0 Å². The second-order valence-electron chi connectivity index (χ2n) is 3.15. The second-order valence-corrected chi connectivity index (χ2v) is 3.15. The van der Waals surface area contributed by atoms with E-state index < -0.39 is 12.9 Å². The summed E-state index contributed by atoms with van der Waals surface area (Å²) in [6.45, 7) is 3.45. The van der Waals surface area contributed by atoms with Gasteiger partial charge in [0, 0.05) is 12.0 Å². The molecule has 0 fully saturated rings. The SMILES string of the molecule is C=CC(=O)NCc1ccc(F)c(B(O)O)c1. The van der Waals surface area contributed by atoms with Crippen molar-refractivity contribution in [3.05, 3.63) is 42.2 Å². The van der Waals surface area contributed by atoms with Gasteiger partial charge >= 0.3 is 7.12 Å². The lowest BCUT2D eigenvalue weighted by atomic mass is 9.79. The number of carbonyl (C=O) groups excluding carboxylic acids is 1. The van der Waals surface area contributed by atoms with Crippen molar-refractivity contribution in [3.8, 4) is 0 Å². The van der Waals surface area contributed by atoms with Crippen LogP contribution in [0.5, 0.6) is 0 Å². The molecule has 6 heteroatoms. The summed E-state index contributed by atoms with van der Waals surface area (Å²) < 4.78 is 13.1. The number of amides is 1. The highest BCUT2D eigenvalue weighted by Crippen LogP contribution is 2.01. The minimum Gasteiger partial charge on any atom is -0.423 e. The molecule has 0 radical (unpaired) electrons. The molecule has 0 atom stereocenters. The van der Waals surface area contributed by atoms with Crippen LogP contribution in [0.3, 0.4) is 0 Å². The van der Waals surface area contributed by atoms with Gasteiger partial charge in [0.05, 0.1) is 0 Å². The molecular weight excluding hydrogens is 212 g/mol. The first-order chi connectivity index (χ1) is 7.54. The lowest BCUT2D eigenvalue weighted by Crippen LogP contribution is -2.33. The fourth-order valence-corrected chi connectivity index (χ4v) is 1.16. The van der Waals surface area contributed by atoms with Crippen LogP contribution < -0.4 is 10.8 Å². The molecular formula is C10H11BFNO3. The van der Waals surface area contributed by atoms with Crippen LogP contribution in [0.1, 0.15) is 5.56 Å². The Kier molecular flexibility index (Phi) is 4.22. The third kappa shape index (κ3) is 3.18. The Bertz CT molecular complexity index is 409. The first-order valence-electron chi connectivity index (χ1n) is 4.59. The average Bonchev–Trinajstić information content (AvgIpc) is 2.27. The highest BCUT2D eigenvalue weighted by Gasteiger charge is 2.16. The first kappa shape index (κ1) is 12.4. The fraction of sp³-hybridized carbons (Fsp3) is 0.100. The van der Waals surface area contributed by atoms with E-state index in [0.29, 0.717) is 5.56 Å². The normalized spacial score (nSPS) is 9.69. The van der Waals surface area contributed by atoms with E-state index in [1.807, 2.05) is 0 Å². The molecule has 0 saturated heterocycles. The lowest BCUT2D eigenvalue weighted by Gasteiger charge is -2.06. The smallest absolute Gasteiger partial charge is 0.423 e. The summed E-state index contributed by atoms with van der Waals surface area (Å²) in [5.41, 5.74) is 0.352. The summed E-state index contributed by atoms with van der Waals surface area (Å²) in [5, 5.41) is 20.2. The van der Waals surface area contributed by atoms with Gasteiger partial charge in [0.15, 0.2) is 0 Å². The van der Waals surface area contributed by atoms with Crippen LogP contribution in [0, 0.1) is 5.82 Å². The summed E-state index contributed by atoms with van der Waals surface area (Å²) in [5.74, 6) is -1.05. The van der Waals surface area contributed by atoms with E-state index >= 15 is 0 Å². The molecule has 0 heterocycles. The molecule has 0 bridgehead atoms. The number of nitrogens with one attached hydrogen (secondary N) is 1. The monoisotopic (exact) mass is 223 g/mol. The van der Waals surface area contributed by atoms with Gasteiger partial charge in [-0.2, -0.15) is 0 Å². The molecule has 16 heavy (non-hydrogen) atoms. The van der Waals surface area contributed by atoms with Gasteiger partial charge < -0.3 is 15.4 Å². The zero-order valence-corrected chi connectivity index (χ0v) is 8.48. The van der Waals surface area contributed by atoms with E-state index in [-0.39, 0.29) is 17.9 Å². The summed E-state index contributed by atoms with van der Waals surface area (Å²) in [6.07, 6.45) is 1.12. The van der Waals surface area contributed by atoms with Gasteiger partial charge in [-0.1, -0.05) is 18.7 Å². The van der Waals surface area contributed by atoms with Crippen molar-refractivity contribution in [3.63, 3.8) is 0 Å². The molecule has 1 rings (SSSR count). The molecule has 0 unspecified atom stereocenters. The van der Waals surface area contributed by atoms with Crippen molar-refractivity contribution >= 4 is 18.5 Å². The predicted molar refractivity (Wildman–Crippen MR) is 58.3 cm³/mol. The maximum atomic E-state index is 13.1. The number of hydrogen-bond donors (Lipinski definition) is 3. The maximum absolute atomic E-state index is 13.1. The molecule has 0 aromatic heterocycles. The topological polar surface area (TPSA) is 69.6 Å².